The van der Waals surface area contributed by atoms with E-state index >= 15 is 0 Å². The molecule has 3 amide bonds. The second-order valence-electron chi connectivity index (χ2n) is 5.18. The number of hydrogen-bond donors (Lipinski definition) is 7. The average molecular weight is 360 g/mol. The zero-order chi connectivity index (χ0) is 19.1. The van der Waals surface area contributed by atoms with Gasteiger partial charge in [0.25, 0.3) is 0 Å². The van der Waals surface area contributed by atoms with Crippen molar-refractivity contribution < 1.29 is 34.2 Å². The first kappa shape index (κ1) is 20.3. The van der Waals surface area contributed by atoms with Crippen molar-refractivity contribution in [2.45, 2.75) is 37.6 Å². The molecule has 9 N–H and O–H groups in total. The highest BCUT2D eigenvalue weighted by Crippen LogP contribution is 2.16. The van der Waals surface area contributed by atoms with Gasteiger partial charge in [0.2, 0.25) is 11.8 Å². The van der Waals surface area contributed by atoms with Crippen molar-refractivity contribution in [3.05, 3.63) is 11.7 Å². The Labute approximate surface area is 141 Å². The summed E-state index contributed by atoms with van der Waals surface area (Å²) in [6.45, 7) is 0.725. The molecule has 1 unspecified atom stereocenters. The molecule has 0 spiro atoms. The van der Waals surface area contributed by atoms with Crippen molar-refractivity contribution in [2.24, 2.45) is 11.5 Å². The second kappa shape index (κ2) is 8.91. The Balaban J connectivity index is 2.89. The lowest BCUT2D eigenvalue weighted by molar-refractivity contribution is -0.141. The van der Waals surface area contributed by atoms with E-state index in [4.69, 9.17) is 26.2 Å². The summed E-state index contributed by atoms with van der Waals surface area (Å²) in [5.74, 6) is -2.52. The van der Waals surface area contributed by atoms with Crippen LogP contribution in [-0.4, -0.2) is 62.1 Å². The van der Waals surface area contributed by atoms with Gasteiger partial charge in [0.1, 0.15) is 6.04 Å². The van der Waals surface area contributed by atoms with Gasteiger partial charge in [-0.2, -0.15) is 4.98 Å². The molecule has 13 nitrogen and oxygen atoms in total. The maximum Gasteiger partial charge on any atom is 0.328 e. The van der Waals surface area contributed by atoms with Gasteiger partial charge in [-0.25, -0.2) is 9.59 Å². The smallest absolute Gasteiger partial charge is 0.328 e. The quantitative estimate of drug-likeness (QED) is 0.238. The first-order chi connectivity index (χ1) is 11.6. The number of aromatic nitrogens is 2. The van der Waals surface area contributed by atoms with Crippen LogP contribution in [0.25, 0.3) is 0 Å². The van der Waals surface area contributed by atoms with Crippen molar-refractivity contribution in [1.29, 1.82) is 0 Å². The van der Waals surface area contributed by atoms with E-state index < -0.39 is 55.2 Å². The van der Waals surface area contributed by atoms with Crippen LogP contribution in [0.3, 0.4) is 0 Å². The number of nitrogens with two attached hydrogens (primary N) is 2. The van der Waals surface area contributed by atoms with E-state index in [1.54, 1.807) is 0 Å². The Bertz CT molecular complexity index is 619. The summed E-state index contributed by atoms with van der Waals surface area (Å²) in [6.07, 6.45) is -1.79. The van der Waals surface area contributed by atoms with Gasteiger partial charge < -0.3 is 41.9 Å². The summed E-state index contributed by atoms with van der Waals surface area (Å²) >= 11 is 0. The predicted octanol–water partition coefficient (Wildman–Crippen LogP) is -2.89. The molecule has 0 aliphatic carbocycles. The largest absolute Gasteiger partial charge is 0.480 e. The summed E-state index contributed by atoms with van der Waals surface area (Å²) in [5, 5.41) is 35.0. The average Bonchev–Trinajstić information content (AvgIpc) is 3.00. The van der Waals surface area contributed by atoms with Crippen LogP contribution in [0.15, 0.2) is 4.52 Å². The van der Waals surface area contributed by atoms with E-state index in [-0.39, 0.29) is 11.7 Å². The van der Waals surface area contributed by atoms with Gasteiger partial charge in [0.15, 0.2) is 11.9 Å². The molecular weight excluding hydrogens is 340 g/mol. The van der Waals surface area contributed by atoms with Crippen LogP contribution in [0.5, 0.6) is 0 Å². The Morgan fingerprint density at radius 1 is 1.32 bits per heavy atom. The van der Waals surface area contributed by atoms with E-state index in [1.165, 1.54) is 6.92 Å². The molecular formula is C12H20N6O7. The first-order valence-electron chi connectivity index (χ1n) is 7.11. The Morgan fingerprint density at radius 3 is 2.44 bits per heavy atom. The predicted molar refractivity (Wildman–Crippen MR) is 79.6 cm³/mol. The molecule has 1 aromatic heterocycles. The number of hydrogen-bond acceptors (Lipinski definition) is 9. The number of carbonyl (C=O) groups excluding carboxylic acids is 2. The maximum atomic E-state index is 11.9. The van der Waals surface area contributed by atoms with Crippen molar-refractivity contribution in [3.63, 3.8) is 0 Å². The third-order valence-electron chi connectivity index (χ3n) is 3.03. The number of aliphatic hydroxyl groups excluding tert-OH is 2. The molecule has 4 atom stereocenters. The molecule has 0 aromatic carbocycles. The number of carbonyl (C=O) groups is 3. The summed E-state index contributed by atoms with van der Waals surface area (Å²) < 4.78 is 4.88. The van der Waals surface area contributed by atoms with Crippen molar-refractivity contribution in [1.82, 2.24) is 20.8 Å². The summed E-state index contributed by atoms with van der Waals surface area (Å²) in [5.41, 5.74) is 10.6. The summed E-state index contributed by atoms with van der Waals surface area (Å²) in [6, 6.07) is -4.67. The zero-order valence-electron chi connectivity index (χ0n) is 13.2. The number of urea groups is 1. The number of nitrogens with zero attached hydrogens (tertiary/aromatic N) is 2. The molecule has 1 heterocycles. The molecule has 0 aliphatic heterocycles. The van der Waals surface area contributed by atoms with Crippen LogP contribution < -0.4 is 22.1 Å². The number of amides is 3. The van der Waals surface area contributed by atoms with Gasteiger partial charge in [-0.05, 0) is 6.92 Å². The van der Waals surface area contributed by atoms with Crippen LogP contribution >= 0.6 is 0 Å². The number of carboxylic acid groups (broad SMARTS) is 1. The van der Waals surface area contributed by atoms with E-state index in [1.807, 2.05) is 5.32 Å². The fourth-order valence-corrected chi connectivity index (χ4v) is 1.75. The Hall–Kier alpha value is -2.77. The van der Waals surface area contributed by atoms with Gasteiger partial charge in [0, 0.05) is 0 Å². The minimum atomic E-state index is -1.57. The van der Waals surface area contributed by atoms with Crippen LogP contribution in [0.4, 0.5) is 4.79 Å². The molecule has 140 valence electrons. The fraction of sp³-hybridized carbons (Fsp3) is 0.583. The Kier molecular flexibility index (Phi) is 7.22. The minimum absolute atomic E-state index is 0.0541. The number of aliphatic carboxylic acids is 1. The topological polar surface area (TPSA) is 227 Å². The molecule has 0 bridgehead atoms. The first-order valence-corrected chi connectivity index (χ1v) is 7.11. The van der Waals surface area contributed by atoms with E-state index in [0.717, 1.165) is 0 Å². The lowest BCUT2D eigenvalue weighted by Crippen LogP contribution is -2.52. The fourth-order valence-electron chi connectivity index (χ4n) is 1.75. The third-order valence-corrected chi connectivity index (χ3v) is 3.03. The lowest BCUT2D eigenvalue weighted by atomic mass is 10.2. The van der Waals surface area contributed by atoms with Crippen LogP contribution in [-0.2, 0) is 9.59 Å². The van der Waals surface area contributed by atoms with Gasteiger partial charge in [-0.15, -0.1) is 0 Å². The van der Waals surface area contributed by atoms with Crippen molar-refractivity contribution in [3.8, 4) is 0 Å². The molecule has 0 aliphatic rings. The van der Waals surface area contributed by atoms with E-state index in [9.17, 15) is 19.5 Å². The highest BCUT2D eigenvalue weighted by atomic mass is 16.5. The highest BCUT2D eigenvalue weighted by molar-refractivity contribution is 5.83. The van der Waals surface area contributed by atoms with E-state index in [2.05, 4.69) is 15.5 Å². The molecule has 0 radical (unpaired) electrons. The van der Waals surface area contributed by atoms with E-state index in [0.29, 0.717) is 0 Å². The lowest BCUT2D eigenvalue weighted by Gasteiger charge is -2.19. The van der Waals surface area contributed by atoms with Gasteiger partial charge in [0.05, 0.1) is 25.2 Å². The highest BCUT2D eigenvalue weighted by Gasteiger charge is 2.29. The number of rotatable bonds is 9. The molecule has 25 heavy (non-hydrogen) atoms. The van der Waals surface area contributed by atoms with Gasteiger partial charge in [-0.3, -0.25) is 4.79 Å². The van der Waals surface area contributed by atoms with Crippen LogP contribution in [0.2, 0.25) is 0 Å². The van der Waals surface area contributed by atoms with Gasteiger partial charge >= 0.3 is 12.0 Å². The molecule has 0 saturated heterocycles. The number of nitrogens with one attached hydrogen (secondary N) is 2. The van der Waals surface area contributed by atoms with Crippen molar-refractivity contribution in [2.75, 3.05) is 6.61 Å². The normalized spacial score (nSPS) is 15.7. The summed E-state index contributed by atoms with van der Waals surface area (Å²) in [4.78, 5) is 37.9. The molecule has 13 heteroatoms. The van der Waals surface area contributed by atoms with Crippen LogP contribution in [0.1, 0.15) is 37.1 Å². The second-order valence-corrected chi connectivity index (χ2v) is 5.18. The molecule has 0 fully saturated rings. The molecule has 0 saturated carbocycles. The number of carboxylic acids is 1. The standard InChI is InChI=1S/C12H20N6O7/c1-4(20)8(11(22)23)16-12(24)15-6(2-7(14)21)10-17-9(18-25-10)5(13)3-19/h4-6,8,19-20H,2-3,13H2,1H3,(H2,14,21)(H,22,23)(H2,15,16,24)/t4?,5-,6+,8-/m1/s1. The monoisotopic (exact) mass is 360 g/mol. The zero-order valence-corrected chi connectivity index (χ0v) is 13.2. The van der Waals surface area contributed by atoms with Crippen molar-refractivity contribution >= 4 is 17.9 Å². The minimum Gasteiger partial charge on any atom is -0.480 e. The third kappa shape index (κ3) is 5.98. The SMILES string of the molecule is CC(O)[C@@H](NC(=O)N[C@@H](CC(N)=O)c1nc([C@H](N)CO)no1)C(=O)O. The summed E-state index contributed by atoms with van der Waals surface area (Å²) in [7, 11) is 0. The Morgan fingerprint density at radius 2 is 1.96 bits per heavy atom. The van der Waals surface area contributed by atoms with Gasteiger partial charge in [-0.1, -0.05) is 5.16 Å². The van der Waals surface area contributed by atoms with Crippen LogP contribution in [0, 0.1) is 0 Å². The molecule has 1 rings (SSSR count). The number of aliphatic hydroxyl groups is 2. The maximum absolute atomic E-state index is 11.9. The molecule has 1 aromatic rings. The number of primary amides is 1.